The van der Waals surface area contributed by atoms with Crippen LogP contribution in [0.1, 0.15) is 12.8 Å². The zero-order chi connectivity index (χ0) is 12.5. The van der Waals surface area contributed by atoms with Gasteiger partial charge in [-0.2, -0.15) is 0 Å². The van der Waals surface area contributed by atoms with Crippen LogP contribution in [0.15, 0.2) is 23.1 Å². The molecule has 0 amide bonds. The fourth-order valence-electron chi connectivity index (χ4n) is 1.98. The van der Waals surface area contributed by atoms with Crippen molar-refractivity contribution in [2.75, 3.05) is 18.0 Å². The monoisotopic (exact) mass is 253 g/mol. The van der Waals surface area contributed by atoms with Crippen molar-refractivity contribution < 1.29 is 13.0 Å². The van der Waals surface area contributed by atoms with Crippen molar-refractivity contribution >= 4 is 21.5 Å². The Morgan fingerprint density at radius 1 is 1.29 bits per heavy atom. The largest absolute Gasteiger partial charge is 0.744 e. The third-order valence-electron chi connectivity index (χ3n) is 2.77. The van der Waals surface area contributed by atoms with Crippen LogP contribution in [0.3, 0.4) is 0 Å². The lowest BCUT2D eigenvalue weighted by atomic mass is 10.2. The van der Waals surface area contributed by atoms with Crippen LogP contribution in [-0.4, -0.2) is 26.1 Å². The first-order valence-corrected chi connectivity index (χ1v) is 6.63. The van der Waals surface area contributed by atoms with E-state index in [0.717, 1.165) is 32.0 Å². The summed E-state index contributed by atoms with van der Waals surface area (Å²) in [7, 11) is -4.57. The Hall–Kier alpha value is -1.65. The minimum absolute atomic E-state index is 0.0578. The van der Waals surface area contributed by atoms with Crippen LogP contribution in [0.25, 0.3) is 4.98 Å². The Morgan fingerprint density at radius 3 is 2.47 bits per heavy atom. The van der Waals surface area contributed by atoms with Gasteiger partial charge in [0.05, 0.1) is 16.6 Å². The van der Waals surface area contributed by atoms with Crippen molar-refractivity contribution in [3.8, 4) is 0 Å². The lowest BCUT2D eigenvalue weighted by molar-refractivity contribution is 0.463. The van der Waals surface area contributed by atoms with Gasteiger partial charge in [-0.25, -0.2) is 8.42 Å². The van der Waals surface area contributed by atoms with Gasteiger partial charge in [0.2, 0.25) is 5.39 Å². The molecule has 1 aromatic carbocycles. The van der Waals surface area contributed by atoms with Crippen molar-refractivity contribution in [1.82, 2.24) is 0 Å². The van der Waals surface area contributed by atoms with Gasteiger partial charge in [-0.3, -0.25) is 0 Å². The Morgan fingerprint density at radius 2 is 1.94 bits per heavy atom. The summed E-state index contributed by atoms with van der Waals surface area (Å²) in [5.41, 5.74) is 0.451. The first kappa shape index (κ1) is 11.8. The van der Waals surface area contributed by atoms with Crippen LogP contribution in [0.2, 0.25) is 0 Å². The average molecular weight is 253 g/mol. The summed E-state index contributed by atoms with van der Waals surface area (Å²) >= 11 is 0. The average Bonchev–Trinajstić information content (AvgIpc) is 2.80. The number of hydrogen-bond donors (Lipinski definition) is 0. The van der Waals surface area contributed by atoms with E-state index in [4.69, 9.17) is 5.39 Å². The van der Waals surface area contributed by atoms with Crippen LogP contribution >= 0.6 is 0 Å². The third-order valence-corrected chi connectivity index (χ3v) is 3.64. The summed E-state index contributed by atoms with van der Waals surface area (Å²) < 4.78 is 33.5. The molecule has 0 aromatic heterocycles. The van der Waals surface area contributed by atoms with E-state index in [1.54, 1.807) is 0 Å². The highest BCUT2D eigenvalue weighted by molar-refractivity contribution is 7.86. The summed E-state index contributed by atoms with van der Waals surface area (Å²) in [5, 5.41) is 8.60. The second-order valence-electron chi connectivity index (χ2n) is 3.90. The molecule has 0 aliphatic carbocycles. The van der Waals surface area contributed by atoms with Gasteiger partial charge < -0.3 is 9.45 Å². The maximum Gasteiger partial charge on any atom is 0.386 e. The number of diazo groups is 1. The third kappa shape index (κ3) is 2.38. The number of nitrogens with zero attached hydrogens (tertiary/aromatic N) is 3. The highest BCUT2D eigenvalue weighted by Gasteiger charge is 2.21. The van der Waals surface area contributed by atoms with Crippen LogP contribution in [0.5, 0.6) is 0 Å². The van der Waals surface area contributed by atoms with E-state index >= 15 is 0 Å². The number of benzene rings is 1. The zero-order valence-corrected chi connectivity index (χ0v) is 9.85. The van der Waals surface area contributed by atoms with Gasteiger partial charge in [0, 0.05) is 19.2 Å². The lowest BCUT2D eigenvalue weighted by Crippen LogP contribution is -2.20. The molecule has 17 heavy (non-hydrogen) atoms. The maximum absolute atomic E-state index is 11.2. The van der Waals surface area contributed by atoms with E-state index in [2.05, 4.69) is 4.98 Å². The van der Waals surface area contributed by atoms with Gasteiger partial charge in [-0.05, 0) is 18.9 Å². The molecular weight excluding hydrogens is 242 g/mol. The fraction of sp³-hybridized carbons (Fsp3) is 0.400. The molecule has 2 rings (SSSR count). The first-order valence-electron chi connectivity index (χ1n) is 5.22. The van der Waals surface area contributed by atoms with Crippen molar-refractivity contribution in [2.24, 2.45) is 0 Å². The van der Waals surface area contributed by atoms with E-state index in [-0.39, 0.29) is 10.6 Å². The molecule has 1 aliphatic rings. The number of rotatable bonds is 2. The molecule has 90 valence electrons. The van der Waals surface area contributed by atoms with Gasteiger partial charge in [-0.15, -0.1) is 0 Å². The van der Waals surface area contributed by atoms with E-state index in [1.165, 1.54) is 12.1 Å². The SMILES string of the molecule is N#[N+]c1ccc(N2CCCC2)c(S(=O)(=O)[O-])c1. The second kappa shape index (κ2) is 4.31. The molecule has 0 radical (unpaired) electrons. The predicted molar refractivity (Wildman–Crippen MR) is 60.6 cm³/mol. The first-order chi connectivity index (χ1) is 8.02. The maximum atomic E-state index is 11.2. The predicted octanol–water partition coefficient (Wildman–Crippen LogP) is 1.68. The normalized spacial score (nSPS) is 15.9. The van der Waals surface area contributed by atoms with Crippen LogP contribution in [0, 0.1) is 5.39 Å². The Labute approximate surface area is 99.2 Å². The molecule has 0 saturated carbocycles. The zero-order valence-electron chi connectivity index (χ0n) is 9.04. The van der Waals surface area contributed by atoms with Gasteiger partial charge in [-0.1, -0.05) is 0 Å². The van der Waals surface area contributed by atoms with E-state index < -0.39 is 10.1 Å². The fourth-order valence-corrected chi connectivity index (χ4v) is 2.70. The standard InChI is InChI=1S/C10H11N3O3S/c11-12-8-3-4-9(13-5-1-2-6-13)10(7-8)17(14,15)16/h3-4,7H,1-2,5-6H2. The van der Waals surface area contributed by atoms with Gasteiger partial charge >= 0.3 is 5.69 Å². The molecule has 0 N–H and O–H groups in total. The van der Waals surface area contributed by atoms with Crippen molar-refractivity contribution in [3.05, 3.63) is 23.2 Å². The second-order valence-corrected chi connectivity index (χ2v) is 5.25. The van der Waals surface area contributed by atoms with Gasteiger partial charge in [0.25, 0.3) is 0 Å². The van der Waals surface area contributed by atoms with Crippen LogP contribution < -0.4 is 4.90 Å². The molecule has 0 atom stereocenters. The minimum atomic E-state index is -4.57. The Kier molecular flexibility index (Phi) is 3.00. The molecule has 1 saturated heterocycles. The Balaban J connectivity index is 2.55. The topological polar surface area (TPSA) is 88.6 Å². The molecule has 6 nitrogen and oxygen atoms in total. The molecule has 1 aliphatic heterocycles. The van der Waals surface area contributed by atoms with Crippen molar-refractivity contribution in [1.29, 1.82) is 5.39 Å². The van der Waals surface area contributed by atoms with Gasteiger partial charge in [0.1, 0.15) is 10.1 Å². The van der Waals surface area contributed by atoms with Crippen molar-refractivity contribution in [2.45, 2.75) is 17.7 Å². The smallest absolute Gasteiger partial charge is 0.386 e. The molecule has 0 unspecified atom stereocenters. The minimum Gasteiger partial charge on any atom is -0.744 e. The number of hydrogen-bond acceptors (Lipinski definition) is 5. The van der Waals surface area contributed by atoms with E-state index in [0.29, 0.717) is 5.69 Å². The quantitative estimate of drug-likeness (QED) is 0.591. The molecule has 1 fully saturated rings. The summed E-state index contributed by atoms with van der Waals surface area (Å²) in [4.78, 5) is 4.42. The molecular formula is C10H11N3O3S. The summed E-state index contributed by atoms with van der Waals surface area (Å²) in [6.45, 7) is 1.47. The molecule has 7 heteroatoms. The number of anilines is 1. The van der Waals surface area contributed by atoms with E-state index in [9.17, 15) is 13.0 Å². The van der Waals surface area contributed by atoms with E-state index in [1.807, 2.05) is 4.90 Å². The molecule has 0 spiro atoms. The highest BCUT2D eigenvalue weighted by atomic mass is 32.2. The molecule has 1 aromatic rings. The summed E-state index contributed by atoms with van der Waals surface area (Å²) in [5.74, 6) is 0. The molecule has 1 heterocycles. The lowest BCUT2D eigenvalue weighted by Gasteiger charge is -2.21. The van der Waals surface area contributed by atoms with Gasteiger partial charge in [0.15, 0.2) is 4.98 Å². The highest BCUT2D eigenvalue weighted by Crippen LogP contribution is 2.31. The molecule has 0 bridgehead atoms. The van der Waals surface area contributed by atoms with Crippen LogP contribution in [-0.2, 0) is 10.1 Å². The Bertz CT molecular complexity index is 571. The summed E-state index contributed by atoms with van der Waals surface area (Å²) in [6, 6.07) is 4.07. The van der Waals surface area contributed by atoms with Crippen molar-refractivity contribution in [3.63, 3.8) is 0 Å². The summed E-state index contributed by atoms with van der Waals surface area (Å²) in [6.07, 6.45) is 1.95. The van der Waals surface area contributed by atoms with Crippen LogP contribution in [0.4, 0.5) is 11.4 Å².